The molecule has 1 aromatic carbocycles. The molecule has 4 rings (SSSR count). The van der Waals surface area contributed by atoms with Crippen molar-refractivity contribution in [2.24, 2.45) is 11.3 Å². The Labute approximate surface area is 187 Å². The number of amides is 3. The van der Waals surface area contributed by atoms with Gasteiger partial charge in [0.1, 0.15) is 5.54 Å². The molecular weight excluding hydrogens is 388 g/mol. The molecule has 6 nitrogen and oxygen atoms in total. The fourth-order valence-corrected chi connectivity index (χ4v) is 6.20. The van der Waals surface area contributed by atoms with Gasteiger partial charge in [-0.3, -0.25) is 9.69 Å². The summed E-state index contributed by atoms with van der Waals surface area (Å²) in [6.45, 7) is 9.88. The van der Waals surface area contributed by atoms with Crippen LogP contribution in [-0.4, -0.2) is 54.1 Å². The van der Waals surface area contributed by atoms with Crippen molar-refractivity contribution < 1.29 is 9.59 Å². The average molecular weight is 427 g/mol. The smallest absolute Gasteiger partial charge is 0.326 e. The van der Waals surface area contributed by atoms with Gasteiger partial charge in [0.2, 0.25) is 0 Å². The van der Waals surface area contributed by atoms with Crippen LogP contribution in [0.25, 0.3) is 0 Å². The summed E-state index contributed by atoms with van der Waals surface area (Å²) in [6.07, 6.45) is 6.42. The van der Waals surface area contributed by atoms with Gasteiger partial charge in [0.25, 0.3) is 5.91 Å². The lowest BCUT2D eigenvalue weighted by Crippen LogP contribution is -2.54. The number of urea groups is 1. The van der Waals surface area contributed by atoms with E-state index in [-0.39, 0.29) is 17.4 Å². The van der Waals surface area contributed by atoms with Gasteiger partial charge in [0, 0.05) is 25.3 Å². The molecule has 3 fully saturated rings. The molecule has 6 heteroatoms. The van der Waals surface area contributed by atoms with Crippen molar-refractivity contribution in [1.82, 2.24) is 15.1 Å². The molecule has 2 saturated heterocycles. The first-order valence-corrected chi connectivity index (χ1v) is 11.8. The summed E-state index contributed by atoms with van der Waals surface area (Å²) >= 11 is 0. The summed E-state index contributed by atoms with van der Waals surface area (Å²) in [5, 5.41) is 3.07. The summed E-state index contributed by atoms with van der Waals surface area (Å²) in [4.78, 5) is 32.0. The van der Waals surface area contributed by atoms with Crippen LogP contribution >= 0.6 is 0 Å². The summed E-state index contributed by atoms with van der Waals surface area (Å²) in [6, 6.07) is 8.48. The van der Waals surface area contributed by atoms with E-state index in [2.05, 4.69) is 55.3 Å². The Balaban J connectivity index is 1.37. The van der Waals surface area contributed by atoms with Crippen molar-refractivity contribution in [3.63, 3.8) is 0 Å². The molecule has 1 N–H and O–H groups in total. The predicted molar refractivity (Wildman–Crippen MR) is 124 cm³/mol. The molecule has 3 amide bonds. The van der Waals surface area contributed by atoms with Crippen LogP contribution in [0, 0.1) is 11.3 Å². The molecule has 170 valence electrons. The van der Waals surface area contributed by atoms with Gasteiger partial charge >= 0.3 is 6.03 Å². The molecule has 31 heavy (non-hydrogen) atoms. The second-order valence-corrected chi connectivity index (χ2v) is 11.0. The standard InChI is InChI=1S/C25H38N4O2/c1-19-14-24(2,3)17-25(15-19)22(30)29(23(31)26-25)18-27(4)16-20-8-10-21(11-9-20)28-12-6-5-7-13-28/h8-11,19H,5-7,12-18H2,1-4H3,(H,26,31). The van der Waals surface area contributed by atoms with Gasteiger partial charge in [-0.1, -0.05) is 32.9 Å². The number of carbonyl (C=O) groups is 2. The number of benzene rings is 1. The van der Waals surface area contributed by atoms with Crippen molar-refractivity contribution in [1.29, 1.82) is 0 Å². The quantitative estimate of drug-likeness (QED) is 0.717. The van der Waals surface area contributed by atoms with Gasteiger partial charge in [-0.2, -0.15) is 0 Å². The predicted octanol–water partition coefficient (Wildman–Crippen LogP) is 4.20. The number of carbonyl (C=O) groups excluding carboxylic acids is 2. The first-order valence-electron chi connectivity index (χ1n) is 11.8. The zero-order valence-electron chi connectivity index (χ0n) is 19.6. The van der Waals surface area contributed by atoms with Crippen LogP contribution in [0.5, 0.6) is 0 Å². The van der Waals surface area contributed by atoms with E-state index in [0.717, 1.165) is 25.9 Å². The Hall–Kier alpha value is -2.08. The fraction of sp³-hybridized carbons (Fsp3) is 0.680. The minimum atomic E-state index is -0.727. The normalized spacial score (nSPS) is 28.5. The Bertz CT molecular complexity index is 815. The second kappa shape index (κ2) is 8.45. The lowest BCUT2D eigenvalue weighted by molar-refractivity contribution is -0.136. The highest BCUT2D eigenvalue weighted by Crippen LogP contribution is 2.46. The maximum Gasteiger partial charge on any atom is 0.326 e. The fourth-order valence-electron chi connectivity index (χ4n) is 6.20. The molecule has 2 heterocycles. The highest BCUT2D eigenvalue weighted by atomic mass is 16.2. The van der Waals surface area contributed by atoms with Gasteiger partial charge in [-0.05, 0) is 74.6 Å². The molecule has 1 aliphatic carbocycles. The van der Waals surface area contributed by atoms with Crippen LogP contribution in [0.1, 0.15) is 64.9 Å². The first kappa shape index (κ1) is 22.1. The second-order valence-electron chi connectivity index (χ2n) is 11.0. The number of imide groups is 1. The Morgan fingerprint density at radius 1 is 1.06 bits per heavy atom. The number of hydrogen-bond acceptors (Lipinski definition) is 4. The van der Waals surface area contributed by atoms with Gasteiger partial charge < -0.3 is 10.2 Å². The maximum absolute atomic E-state index is 13.3. The number of anilines is 1. The molecule has 0 radical (unpaired) electrons. The van der Waals surface area contributed by atoms with Crippen molar-refractivity contribution >= 4 is 17.6 Å². The van der Waals surface area contributed by atoms with E-state index in [0.29, 0.717) is 25.6 Å². The number of nitrogens with one attached hydrogen (secondary N) is 1. The van der Waals surface area contributed by atoms with Crippen molar-refractivity contribution in [2.75, 3.05) is 31.7 Å². The Morgan fingerprint density at radius 2 is 1.74 bits per heavy atom. The van der Waals surface area contributed by atoms with Crippen molar-refractivity contribution in [2.45, 2.75) is 71.4 Å². The molecule has 0 aromatic heterocycles. The van der Waals surface area contributed by atoms with E-state index in [4.69, 9.17) is 0 Å². The SMILES string of the molecule is CC1CC(C)(C)CC2(C1)NC(=O)N(CN(C)Cc1ccc(N3CCCCC3)cc1)C2=O. The van der Waals surface area contributed by atoms with E-state index in [9.17, 15) is 9.59 Å². The third-order valence-corrected chi connectivity index (χ3v) is 7.12. The van der Waals surface area contributed by atoms with Crippen LogP contribution in [-0.2, 0) is 11.3 Å². The zero-order valence-corrected chi connectivity index (χ0v) is 19.6. The summed E-state index contributed by atoms with van der Waals surface area (Å²) < 4.78 is 0. The third-order valence-electron chi connectivity index (χ3n) is 7.12. The molecule has 1 saturated carbocycles. The lowest BCUT2D eigenvalue weighted by Gasteiger charge is -2.43. The molecular formula is C25H38N4O2. The first-order chi connectivity index (χ1) is 14.7. The molecule has 1 aromatic rings. The van der Waals surface area contributed by atoms with E-state index >= 15 is 0 Å². The summed E-state index contributed by atoms with van der Waals surface area (Å²) in [5.41, 5.74) is 1.81. The zero-order chi connectivity index (χ0) is 22.2. The molecule has 2 unspecified atom stereocenters. The lowest BCUT2D eigenvalue weighted by atomic mass is 9.64. The average Bonchev–Trinajstić information content (AvgIpc) is 2.91. The molecule has 2 atom stereocenters. The van der Waals surface area contributed by atoms with Gasteiger partial charge in [0.15, 0.2) is 0 Å². The van der Waals surface area contributed by atoms with E-state index in [1.54, 1.807) is 0 Å². The number of nitrogens with zero attached hydrogens (tertiary/aromatic N) is 3. The highest BCUT2D eigenvalue weighted by molar-refractivity contribution is 6.07. The van der Waals surface area contributed by atoms with E-state index < -0.39 is 5.54 Å². The summed E-state index contributed by atoms with van der Waals surface area (Å²) in [5.74, 6) is 0.369. The van der Waals surface area contributed by atoms with Crippen molar-refractivity contribution in [3.05, 3.63) is 29.8 Å². The van der Waals surface area contributed by atoms with Crippen LogP contribution in [0.2, 0.25) is 0 Å². The number of piperidine rings is 1. The molecule has 0 bridgehead atoms. The molecule has 1 spiro atoms. The number of rotatable bonds is 5. The Morgan fingerprint density at radius 3 is 2.39 bits per heavy atom. The minimum absolute atomic E-state index is 0.0515. The molecule has 2 aliphatic heterocycles. The monoisotopic (exact) mass is 426 g/mol. The Kier molecular flexibility index (Phi) is 6.03. The van der Waals surface area contributed by atoms with Crippen LogP contribution in [0.4, 0.5) is 10.5 Å². The third kappa shape index (κ3) is 4.74. The van der Waals surface area contributed by atoms with Crippen LogP contribution in [0.15, 0.2) is 24.3 Å². The van der Waals surface area contributed by atoms with E-state index in [1.807, 2.05) is 11.9 Å². The maximum atomic E-state index is 13.3. The molecule has 3 aliphatic rings. The van der Waals surface area contributed by atoms with E-state index in [1.165, 1.54) is 35.4 Å². The van der Waals surface area contributed by atoms with Gasteiger partial charge in [-0.25, -0.2) is 9.69 Å². The van der Waals surface area contributed by atoms with Gasteiger partial charge in [0.05, 0.1) is 6.67 Å². The van der Waals surface area contributed by atoms with Crippen molar-refractivity contribution in [3.8, 4) is 0 Å². The van der Waals surface area contributed by atoms with Crippen LogP contribution < -0.4 is 10.2 Å². The number of hydrogen-bond donors (Lipinski definition) is 1. The minimum Gasteiger partial charge on any atom is -0.372 e. The van der Waals surface area contributed by atoms with Crippen LogP contribution in [0.3, 0.4) is 0 Å². The summed E-state index contributed by atoms with van der Waals surface area (Å²) in [7, 11) is 1.97. The highest BCUT2D eigenvalue weighted by Gasteiger charge is 2.56. The topological polar surface area (TPSA) is 55.9 Å². The van der Waals surface area contributed by atoms with Gasteiger partial charge in [-0.15, -0.1) is 0 Å². The largest absolute Gasteiger partial charge is 0.372 e.